The van der Waals surface area contributed by atoms with Gasteiger partial charge in [-0.15, -0.1) is 0 Å². The van der Waals surface area contributed by atoms with Crippen LogP contribution >= 0.6 is 0 Å². The van der Waals surface area contributed by atoms with Crippen LogP contribution in [-0.4, -0.2) is 58.9 Å². The predicted octanol–water partition coefficient (Wildman–Crippen LogP) is 3.37. The van der Waals surface area contributed by atoms with E-state index in [2.05, 4.69) is 36.3 Å². The second-order valence-electron chi connectivity index (χ2n) is 8.62. The molecule has 0 saturated carbocycles. The van der Waals surface area contributed by atoms with Crippen LogP contribution in [0.5, 0.6) is 0 Å². The summed E-state index contributed by atoms with van der Waals surface area (Å²) < 4.78 is 7.02. The molecule has 4 rings (SSSR count). The molecular formula is C25H30N4O3. The maximum absolute atomic E-state index is 13.1. The second kappa shape index (κ2) is 9.96. The quantitative estimate of drug-likeness (QED) is 0.619. The third-order valence-electron chi connectivity index (χ3n) is 5.78. The van der Waals surface area contributed by atoms with Gasteiger partial charge in [0.2, 0.25) is 0 Å². The maximum atomic E-state index is 13.1. The summed E-state index contributed by atoms with van der Waals surface area (Å²) in [6, 6.07) is 15.6. The van der Waals surface area contributed by atoms with Gasteiger partial charge in [-0.3, -0.25) is 14.0 Å². The van der Waals surface area contributed by atoms with Gasteiger partial charge in [-0.2, -0.15) is 0 Å². The van der Waals surface area contributed by atoms with Crippen LogP contribution in [0.25, 0.3) is 5.65 Å². The fourth-order valence-corrected chi connectivity index (χ4v) is 4.17. The van der Waals surface area contributed by atoms with Crippen LogP contribution in [-0.2, 0) is 4.74 Å². The van der Waals surface area contributed by atoms with E-state index >= 15 is 0 Å². The van der Waals surface area contributed by atoms with Gasteiger partial charge in [0.25, 0.3) is 11.8 Å². The Morgan fingerprint density at radius 1 is 1.06 bits per heavy atom. The van der Waals surface area contributed by atoms with E-state index in [1.54, 1.807) is 33.7 Å². The normalized spacial score (nSPS) is 15.2. The largest absolute Gasteiger partial charge is 0.378 e. The highest BCUT2D eigenvalue weighted by atomic mass is 16.5. The first kappa shape index (κ1) is 22.0. The standard InChI is InChI=1S/C25H30N4O3/c1-18(2)15-20(19-7-4-3-5-8-19)16-26-24(30)22-9-6-10-23-27-21(17-29(22)23)25(31)28-11-13-32-14-12-28/h3-10,17-18,20H,11-16H2,1-2H3,(H,26,30). The van der Waals surface area contributed by atoms with Gasteiger partial charge in [0.1, 0.15) is 17.0 Å². The monoisotopic (exact) mass is 434 g/mol. The van der Waals surface area contributed by atoms with E-state index in [9.17, 15) is 9.59 Å². The fourth-order valence-electron chi connectivity index (χ4n) is 4.17. The number of aromatic nitrogens is 2. The smallest absolute Gasteiger partial charge is 0.274 e. The Morgan fingerprint density at radius 3 is 2.53 bits per heavy atom. The van der Waals surface area contributed by atoms with Crippen molar-refractivity contribution in [2.24, 2.45) is 5.92 Å². The molecule has 1 atom stereocenters. The van der Waals surface area contributed by atoms with Gasteiger partial charge < -0.3 is 15.0 Å². The van der Waals surface area contributed by atoms with Crippen LogP contribution in [0.4, 0.5) is 0 Å². The van der Waals surface area contributed by atoms with Crippen molar-refractivity contribution >= 4 is 17.5 Å². The summed E-state index contributed by atoms with van der Waals surface area (Å²) in [7, 11) is 0. The summed E-state index contributed by atoms with van der Waals surface area (Å²) in [6.07, 6.45) is 2.64. The molecule has 3 aromatic rings. The number of rotatable bonds is 7. The van der Waals surface area contributed by atoms with Crippen LogP contribution in [0.1, 0.15) is 52.7 Å². The molecule has 2 amide bonds. The molecule has 32 heavy (non-hydrogen) atoms. The van der Waals surface area contributed by atoms with E-state index in [0.29, 0.717) is 55.8 Å². The number of hydrogen-bond donors (Lipinski definition) is 1. The lowest BCUT2D eigenvalue weighted by Crippen LogP contribution is -2.40. The molecule has 7 heteroatoms. The minimum absolute atomic E-state index is 0.135. The number of hydrogen-bond acceptors (Lipinski definition) is 4. The zero-order valence-corrected chi connectivity index (χ0v) is 18.7. The summed E-state index contributed by atoms with van der Waals surface area (Å²) in [6.45, 7) is 7.10. The Hall–Kier alpha value is -3.19. The lowest BCUT2D eigenvalue weighted by molar-refractivity contribution is 0.0299. The molecule has 1 saturated heterocycles. The number of morpholine rings is 1. The summed E-state index contributed by atoms with van der Waals surface area (Å²) >= 11 is 0. The molecule has 168 valence electrons. The summed E-state index contributed by atoms with van der Waals surface area (Å²) in [5, 5.41) is 3.10. The van der Waals surface area contributed by atoms with Gasteiger partial charge in [0.05, 0.1) is 13.2 Å². The number of pyridine rings is 1. The van der Waals surface area contributed by atoms with Crippen LogP contribution in [0, 0.1) is 5.92 Å². The number of fused-ring (bicyclic) bond motifs is 1. The van der Waals surface area contributed by atoms with E-state index in [0.717, 1.165) is 6.42 Å². The van der Waals surface area contributed by atoms with Crippen LogP contribution < -0.4 is 5.32 Å². The second-order valence-corrected chi connectivity index (χ2v) is 8.62. The number of imidazole rings is 1. The van der Waals surface area contributed by atoms with E-state index in [1.807, 2.05) is 18.2 Å². The van der Waals surface area contributed by atoms with Crippen LogP contribution in [0.2, 0.25) is 0 Å². The SMILES string of the molecule is CC(C)CC(CNC(=O)c1cccc2nc(C(=O)N3CCOCC3)cn12)c1ccccc1. The number of nitrogens with zero attached hydrogens (tertiary/aromatic N) is 3. The molecule has 0 aliphatic carbocycles. The molecular weight excluding hydrogens is 404 g/mol. The van der Waals surface area contributed by atoms with E-state index in [4.69, 9.17) is 4.74 Å². The Bertz CT molecular complexity index is 1070. The molecule has 1 unspecified atom stereocenters. The first-order valence-corrected chi connectivity index (χ1v) is 11.2. The van der Waals surface area contributed by atoms with Crippen LogP contribution in [0.3, 0.4) is 0 Å². The molecule has 1 aromatic carbocycles. The maximum Gasteiger partial charge on any atom is 0.274 e. The van der Waals surface area contributed by atoms with E-state index in [1.165, 1.54) is 5.56 Å². The number of carbonyl (C=O) groups is 2. The lowest BCUT2D eigenvalue weighted by Gasteiger charge is -2.25. The average molecular weight is 435 g/mol. The molecule has 0 radical (unpaired) electrons. The third-order valence-corrected chi connectivity index (χ3v) is 5.78. The topological polar surface area (TPSA) is 75.9 Å². The average Bonchev–Trinajstić information content (AvgIpc) is 3.26. The highest BCUT2D eigenvalue weighted by molar-refractivity contribution is 5.95. The Labute approximate surface area is 188 Å². The van der Waals surface area contributed by atoms with Crippen molar-refractivity contribution in [3.05, 3.63) is 71.7 Å². The van der Waals surface area contributed by atoms with Crippen molar-refractivity contribution in [1.82, 2.24) is 19.6 Å². The van der Waals surface area contributed by atoms with Gasteiger partial charge in [-0.1, -0.05) is 50.2 Å². The summed E-state index contributed by atoms with van der Waals surface area (Å²) in [5.74, 6) is 0.441. The zero-order valence-electron chi connectivity index (χ0n) is 18.7. The first-order valence-electron chi connectivity index (χ1n) is 11.2. The van der Waals surface area contributed by atoms with Gasteiger partial charge in [0.15, 0.2) is 0 Å². The van der Waals surface area contributed by atoms with Crippen molar-refractivity contribution in [1.29, 1.82) is 0 Å². The predicted molar refractivity (Wildman–Crippen MR) is 123 cm³/mol. The van der Waals surface area contributed by atoms with E-state index < -0.39 is 0 Å². The van der Waals surface area contributed by atoms with Crippen molar-refractivity contribution < 1.29 is 14.3 Å². The van der Waals surface area contributed by atoms with Crippen LogP contribution in [0.15, 0.2) is 54.7 Å². The minimum atomic E-state index is -0.178. The molecule has 0 spiro atoms. The number of nitrogens with one attached hydrogen (secondary N) is 1. The zero-order chi connectivity index (χ0) is 22.5. The highest BCUT2D eigenvalue weighted by Crippen LogP contribution is 2.23. The molecule has 1 aliphatic heterocycles. The van der Waals surface area contributed by atoms with Crippen molar-refractivity contribution in [2.75, 3.05) is 32.8 Å². The van der Waals surface area contributed by atoms with E-state index in [-0.39, 0.29) is 17.7 Å². The lowest BCUT2D eigenvalue weighted by atomic mass is 9.90. The summed E-state index contributed by atoms with van der Waals surface area (Å²) in [4.78, 5) is 32.1. The molecule has 0 bridgehead atoms. The van der Waals surface area contributed by atoms with Crippen molar-refractivity contribution in [3.63, 3.8) is 0 Å². The van der Waals surface area contributed by atoms with Gasteiger partial charge in [-0.05, 0) is 30.0 Å². The first-order chi connectivity index (χ1) is 15.5. The third kappa shape index (κ3) is 4.99. The fraction of sp³-hybridized carbons (Fsp3) is 0.400. The Balaban J connectivity index is 1.51. The molecule has 1 aliphatic rings. The molecule has 1 fully saturated rings. The molecule has 3 heterocycles. The number of benzene rings is 1. The van der Waals surface area contributed by atoms with Crippen molar-refractivity contribution in [3.8, 4) is 0 Å². The number of ether oxygens (including phenoxy) is 1. The Morgan fingerprint density at radius 2 is 1.81 bits per heavy atom. The number of amides is 2. The molecule has 1 N–H and O–H groups in total. The minimum Gasteiger partial charge on any atom is -0.378 e. The molecule has 2 aromatic heterocycles. The Kier molecular flexibility index (Phi) is 6.85. The molecule has 7 nitrogen and oxygen atoms in total. The highest BCUT2D eigenvalue weighted by Gasteiger charge is 2.22. The van der Waals surface area contributed by atoms with Gasteiger partial charge in [-0.25, -0.2) is 4.98 Å². The number of carbonyl (C=O) groups excluding carboxylic acids is 2. The van der Waals surface area contributed by atoms with Crippen molar-refractivity contribution in [2.45, 2.75) is 26.2 Å². The summed E-state index contributed by atoms with van der Waals surface area (Å²) in [5.41, 5.74) is 2.61. The van der Waals surface area contributed by atoms with Gasteiger partial charge >= 0.3 is 0 Å². The van der Waals surface area contributed by atoms with Gasteiger partial charge in [0, 0.05) is 31.7 Å².